The molecular formula is C19H19ClFN3O2S. The molecule has 0 bridgehead atoms. The number of halogens is 2. The Hall–Kier alpha value is -1.93. The van der Waals surface area contributed by atoms with Crippen molar-refractivity contribution >= 4 is 44.7 Å². The molecule has 0 saturated carbocycles. The second-order valence-electron chi connectivity index (χ2n) is 6.52. The highest BCUT2D eigenvalue weighted by molar-refractivity contribution is 7.19. The van der Waals surface area contributed by atoms with Crippen LogP contribution in [0, 0.1) is 12.7 Å². The lowest BCUT2D eigenvalue weighted by Gasteiger charge is -2.26. The third-order valence-electron chi connectivity index (χ3n) is 4.60. The fraction of sp³-hybridized carbons (Fsp3) is 0.316. The van der Waals surface area contributed by atoms with E-state index in [1.165, 1.54) is 17.0 Å². The average molecular weight is 408 g/mol. The molecular weight excluding hydrogens is 389 g/mol. The summed E-state index contributed by atoms with van der Waals surface area (Å²) in [5.41, 5.74) is 2.39. The molecule has 1 aromatic carbocycles. The van der Waals surface area contributed by atoms with Crippen molar-refractivity contribution in [1.82, 2.24) is 9.88 Å². The second-order valence-corrected chi connectivity index (χ2v) is 8.19. The Balaban J connectivity index is 1.67. The highest BCUT2D eigenvalue weighted by atomic mass is 35.5. The van der Waals surface area contributed by atoms with E-state index < -0.39 is 5.82 Å². The zero-order valence-corrected chi connectivity index (χ0v) is 16.3. The predicted octanol–water partition coefficient (Wildman–Crippen LogP) is 4.41. The summed E-state index contributed by atoms with van der Waals surface area (Å²) >= 11 is 7.47. The van der Waals surface area contributed by atoms with Crippen LogP contribution in [0.5, 0.6) is 0 Å². The molecule has 8 heteroatoms. The van der Waals surface area contributed by atoms with Crippen LogP contribution in [0.1, 0.15) is 20.9 Å². The normalized spacial score (nSPS) is 15.4. The molecule has 0 spiro atoms. The number of fused-ring (bicyclic) bond motifs is 1. The molecule has 1 aliphatic heterocycles. The number of ether oxygens (including phenoxy) is 1. The van der Waals surface area contributed by atoms with Crippen LogP contribution < -0.4 is 5.32 Å². The summed E-state index contributed by atoms with van der Waals surface area (Å²) in [7, 11) is 0. The van der Waals surface area contributed by atoms with Gasteiger partial charge in [0.15, 0.2) is 5.82 Å². The SMILES string of the molecule is Cc1cc2[nH]c(C(=O)Nc3cccc(Cl)c3F)c(CN3CCOCC3)c2s1. The number of aryl methyl sites for hydroxylation is 1. The number of carbonyl (C=O) groups excluding carboxylic acids is 1. The molecule has 0 aliphatic carbocycles. The molecule has 0 atom stereocenters. The Morgan fingerprint density at radius 1 is 1.41 bits per heavy atom. The Labute approximate surface area is 165 Å². The van der Waals surface area contributed by atoms with Crippen LogP contribution in [-0.4, -0.2) is 42.1 Å². The number of benzene rings is 1. The van der Waals surface area contributed by atoms with Gasteiger partial charge in [-0.1, -0.05) is 17.7 Å². The van der Waals surface area contributed by atoms with E-state index in [1.807, 2.05) is 13.0 Å². The van der Waals surface area contributed by atoms with Gasteiger partial charge >= 0.3 is 0 Å². The third kappa shape index (κ3) is 3.73. The van der Waals surface area contributed by atoms with Crippen molar-refractivity contribution in [2.45, 2.75) is 13.5 Å². The van der Waals surface area contributed by atoms with Crippen LogP contribution in [0.15, 0.2) is 24.3 Å². The van der Waals surface area contributed by atoms with E-state index in [2.05, 4.69) is 15.2 Å². The van der Waals surface area contributed by atoms with Gasteiger partial charge in [0.25, 0.3) is 5.91 Å². The first-order valence-corrected chi connectivity index (χ1v) is 9.89. The monoisotopic (exact) mass is 407 g/mol. The third-order valence-corrected chi connectivity index (χ3v) is 6.01. The number of aromatic amines is 1. The zero-order valence-electron chi connectivity index (χ0n) is 14.8. The van der Waals surface area contributed by atoms with Crippen molar-refractivity contribution in [3.05, 3.63) is 51.2 Å². The maximum atomic E-state index is 14.2. The number of thiophene rings is 1. The van der Waals surface area contributed by atoms with Crippen molar-refractivity contribution in [3.63, 3.8) is 0 Å². The first kappa shape index (κ1) is 18.4. The van der Waals surface area contributed by atoms with E-state index in [9.17, 15) is 9.18 Å². The Morgan fingerprint density at radius 2 is 2.19 bits per heavy atom. The summed E-state index contributed by atoms with van der Waals surface area (Å²) in [6.07, 6.45) is 0. The van der Waals surface area contributed by atoms with Gasteiger partial charge in [-0.05, 0) is 25.1 Å². The van der Waals surface area contributed by atoms with Gasteiger partial charge in [-0.25, -0.2) is 4.39 Å². The summed E-state index contributed by atoms with van der Waals surface area (Å²) in [6, 6.07) is 6.58. The van der Waals surface area contributed by atoms with Gasteiger partial charge in [0.05, 0.1) is 34.1 Å². The van der Waals surface area contributed by atoms with E-state index in [0.29, 0.717) is 25.5 Å². The Bertz CT molecular complexity index is 994. The Kier molecular flexibility index (Phi) is 5.19. The largest absolute Gasteiger partial charge is 0.379 e. The molecule has 27 heavy (non-hydrogen) atoms. The van der Waals surface area contributed by atoms with Crippen molar-refractivity contribution in [2.24, 2.45) is 0 Å². The van der Waals surface area contributed by atoms with Crippen molar-refractivity contribution in [1.29, 1.82) is 0 Å². The van der Waals surface area contributed by atoms with Crippen LogP contribution >= 0.6 is 22.9 Å². The lowest BCUT2D eigenvalue weighted by Crippen LogP contribution is -2.36. The molecule has 3 aromatic rings. The molecule has 142 valence electrons. The molecule has 2 aromatic heterocycles. The number of hydrogen-bond donors (Lipinski definition) is 2. The summed E-state index contributed by atoms with van der Waals surface area (Å²) in [4.78, 5) is 19.6. The number of morpholine rings is 1. The van der Waals surface area contributed by atoms with Crippen LogP contribution in [0.2, 0.25) is 5.02 Å². The van der Waals surface area contributed by atoms with E-state index in [-0.39, 0.29) is 16.6 Å². The first-order valence-electron chi connectivity index (χ1n) is 8.69. The second kappa shape index (κ2) is 7.59. The summed E-state index contributed by atoms with van der Waals surface area (Å²) in [5.74, 6) is -1.01. The molecule has 1 fully saturated rings. The minimum Gasteiger partial charge on any atom is -0.379 e. The van der Waals surface area contributed by atoms with E-state index in [1.54, 1.807) is 17.4 Å². The number of nitrogens with zero attached hydrogens (tertiary/aromatic N) is 1. The lowest BCUT2D eigenvalue weighted by atomic mass is 10.2. The topological polar surface area (TPSA) is 57.4 Å². The van der Waals surface area contributed by atoms with Crippen LogP contribution in [0.3, 0.4) is 0 Å². The molecule has 1 aliphatic rings. The fourth-order valence-corrected chi connectivity index (χ4v) is 4.45. The molecule has 2 N–H and O–H groups in total. The van der Waals surface area contributed by atoms with E-state index in [0.717, 1.165) is 28.9 Å². The van der Waals surface area contributed by atoms with Crippen molar-refractivity contribution in [3.8, 4) is 0 Å². The fourth-order valence-electron chi connectivity index (χ4n) is 3.27. The Morgan fingerprint density at radius 3 is 2.96 bits per heavy atom. The van der Waals surface area contributed by atoms with E-state index in [4.69, 9.17) is 16.3 Å². The highest BCUT2D eigenvalue weighted by Crippen LogP contribution is 2.32. The van der Waals surface area contributed by atoms with Crippen LogP contribution in [-0.2, 0) is 11.3 Å². The molecule has 1 saturated heterocycles. The summed E-state index contributed by atoms with van der Waals surface area (Å²) in [6.45, 7) is 5.70. The molecule has 4 rings (SSSR count). The number of hydrogen-bond acceptors (Lipinski definition) is 4. The van der Waals surface area contributed by atoms with Crippen molar-refractivity contribution in [2.75, 3.05) is 31.6 Å². The number of anilines is 1. The van der Waals surface area contributed by atoms with Gasteiger partial charge in [0.2, 0.25) is 0 Å². The van der Waals surface area contributed by atoms with Gasteiger partial charge in [-0.15, -0.1) is 11.3 Å². The molecule has 0 unspecified atom stereocenters. The van der Waals surface area contributed by atoms with Gasteiger partial charge in [-0.3, -0.25) is 9.69 Å². The number of nitrogens with one attached hydrogen (secondary N) is 2. The quantitative estimate of drug-likeness (QED) is 0.673. The van der Waals surface area contributed by atoms with Gasteiger partial charge in [0.1, 0.15) is 5.69 Å². The van der Waals surface area contributed by atoms with Gasteiger partial charge in [0, 0.05) is 30.1 Å². The standard InChI is InChI=1S/C19H19ClFN3O2S/c1-11-9-15-18(27-11)12(10-24-5-7-26-8-6-24)17(22-15)19(25)23-14-4-2-3-13(20)16(14)21/h2-4,9,22H,5-8,10H2,1H3,(H,23,25). The van der Waals surface area contributed by atoms with Crippen LogP contribution in [0.4, 0.5) is 10.1 Å². The number of amides is 1. The van der Waals surface area contributed by atoms with Crippen LogP contribution in [0.25, 0.3) is 10.2 Å². The van der Waals surface area contributed by atoms with E-state index >= 15 is 0 Å². The molecule has 5 nitrogen and oxygen atoms in total. The number of rotatable bonds is 4. The molecule has 3 heterocycles. The van der Waals surface area contributed by atoms with Gasteiger partial charge in [-0.2, -0.15) is 0 Å². The number of aromatic nitrogens is 1. The smallest absolute Gasteiger partial charge is 0.272 e. The highest BCUT2D eigenvalue weighted by Gasteiger charge is 2.23. The minimum atomic E-state index is -0.633. The maximum Gasteiger partial charge on any atom is 0.272 e. The minimum absolute atomic E-state index is 0.0237. The number of H-pyrrole nitrogens is 1. The predicted molar refractivity (Wildman–Crippen MR) is 106 cm³/mol. The molecule has 1 amide bonds. The molecule has 0 radical (unpaired) electrons. The van der Waals surface area contributed by atoms with Crippen molar-refractivity contribution < 1.29 is 13.9 Å². The summed E-state index contributed by atoms with van der Waals surface area (Å²) in [5, 5.41) is 2.62. The first-order chi connectivity index (χ1) is 13.0. The van der Waals surface area contributed by atoms with Gasteiger partial charge < -0.3 is 15.0 Å². The summed E-state index contributed by atoms with van der Waals surface area (Å²) < 4.78 is 20.6. The average Bonchev–Trinajstić information content (AvgIpc) is 3.17. The zero-order chi connectivity index (χ0) is 19.0. The maximum absolute atomic E-state index is 14.2. The number of carbonyl (C=O) groups is 1. The lowest BCUT2D eigenvalue weighted by molar-refractivity contribution is 0.0343.